The SMILES string of the molecule is c1ccc(-c2nc(-n3c4ccccc4c4cc5ccccc5cc43)nc3c2oc2cc(-c4cccc5ccccc45)c4ccccc4c23)cc1. The molecule has 0 saturated heterocycles. The summed E-state index contributed by atoms with van der Waals surface area (Å²) in [6, 6.07) is 57.8. The van der Waals surface area contributed by atoms with E-state index >= 15 is 0 Å². The first-order chi connectivity index (χ1) is 24.8. The normalized spacial score (nSPS) is 12.0. The van der Waals surface area contributed by atoms with Crippen LogP contribution in [0.5, 0.6) is 0 Å². The Bertz CT molecular complexity index is 3150. The number of aromatic nitrogens is 3. The number of benzene rings is 8. The van der Waals surface area contributed by atoms with Crippen LogP contribution in [0.3, 0.4) is 0 Å². The molecule has 0 fully saturated rings. The Morgan fingerprint density at radius 3 is 1.94 bits per heavy atom. The van der Waals surface area contributed by atoms with Gasteiger partial charge in [-0.2, -0.15) is 0 Å². The predicted molar refractivity (Wildman–Crippen MR) is 207 cm³/mol. The summed E-state index contributed by atoms with van der Waals surface area (Å²) in [5.41, 5.74) is 8.46. The fraction of sp³-hybridized carbons (Fsp3) is 0. The van der Waals surface area contributed by atoms with E-state index < -0.39 is 0 Å². The van der Waals surface area contributed by atoms with Gasteiger partial charge in [0.15, 0.2) is 5.58 Å². The summed E-state index contributed by atoms with van der Waals surface area (Å²) in [6.07, 6.45) is 0. The van der Waals surface area contributed by atoms with Gasteiger partial charge in [-0.25, -0.2) is 9.97 Å². The lowest BCUT2D eigenvalue weighted by atomic mass is 9.92. The highest BCUT2D eigenvalue weighted by molar-refractivity contribution is 6.23. The number of para-hydroxylation sites is 1. The van der Waals surface area contributed by atoms with Crippen LogP contribution in [0, 0.1) is 0 Å². The van der Waals surface area contributed by atoms with E-state index in [9.17, 15) is 0 Å². The molecule has 11 aromatic rings. The predicted octanol–water partition coefficient (Wildman–Crippen LogP) is 12.3. The second kappa shape index (κ2) is 10.4. The number of hydrogen-bond donors (Lipinski definition) is 0. The molecule has 0 aliphatic carbocycles. The molecule has 4 nitrogen and oxygen atoms in total. The molecule has 0 aliphatic rings. The number of hydrogen-bond acceptors (Lipinski definition) is 3. The van der Waals surface area contributed by atoms with Crippen molar-refractivity contribution in [3.63, 3.8) is 0 Å². The second-order valence-corrected chi connectivity index (χ2v) is 13.0. The van der Waals surface area contributed by atoms with Crippen molar-refractivity contribution in [2.24, 2.45) is 0 Å². The summed E-state index contributed by atoms with van der Waals surface area (Å²) in [7, 11) is 0. The molecule has 50 heavy (non-hydrogen) atoms. The van der Waals surface area contributed by atoms with Gasteiger partial charge in [0.2, 0.25) is 5.95 Å². The highest BCUT2D eigenvalue weighted by atomic mass is 16.3. The molecule has 0 atom stereocenters. The van der Waals surface area contributed by atoms with E-state index in [2.05, 4.69) is 150 Å². The first-order valence-corrected chi connectivity index (χ1v) is 16.9. The van der Waals surface area contributed by atoms with Crippen LogP contribution in [0.4, 0.5) is 0 Å². The van der Waals surface area contributed by atoms with Crippen LogP contribution in [-0.2, 0) is 0 Å². The molecule has 0 saturated carbocycles. The van der Waals surface area contributed by atoms with Gasteiger partial charge in [-0.1, -0.05) is 140 Å². The number of fused-ring (bicyclic) bond motifs is 10. The Morgan fingerprint density at radius 2 is 1.10 bits per heavy atom. The monoisotopic (exact) mass is 637 g/mol. The zero-order valence-corrected chi connectivity index (χ0v) is 26.8. The van der Waals surface area contributed by atoms with Gasteiger partial charge in [-0.3, -0.25) is 4.57 Å². The van der Waals surface area contributed by atoms with Gasteiger partial charge in [-0.05, 0) is 67.7 Å². The Balaban J connectivity index is 1.29. The molecular formula is C46H27N3O. The van der Waals surface area contributed by atoms with Crippen LogP contribution in [0.1, 0.15) is 0 Å². The van der Waals surface area contributed by atoms with Gasteiger partial charge in [-0.15, -0.1) is 0 Å². The smallest absolute Gasteiger partial charge is 0.236 e. The fourth-order valence-electron chi connectivity index (χ4n) is 7.93. The third kappa shape index (κ3) is 3.87. The van der Waals surface area contributed by atoms with Gasteiger partial charge in [0, 0.05) is 16.3 Å². The van der Waals surface area contributed by atoms with Gasteiger partial charge in [0.25, 0.3) is 0 Å². The maximum Gasteiger partial charge on any atom is 0.236 e. The first kappa shape index (κ1) is 27.2. The Labute approximate surface area is 286 Å². The molecule has 3 heterocycles. The highest BCUT2D eigenvalue weighted by Gasteiger charge is 2.23. The summed E-state index contributed by atoms with van der Waals surface area (Å²) in [4.78, 5) is 10.8. The van der Waals surface area contributed by atoms with Crippen LogP contribution in [0.2, 0.25) is 0 Å². The van der Waals surface area contributed by atoms with Gasteiger partial charge in [0.05, 0.1) is 16.4 Å². The molecule has 232 valence electrons. The molecule has 8 aromatic carbocycles. The Kier molecular flexibility index (Phi) is 5.63. The van der Waals surface area contributed by atoms with E-state index in [1.54, 1.807) is 0 Å². The fourth-order valence-corrected chi connectivity index (χ4v) is 7.93. The van der Waals surface area contributed by atoms with Crippen molar-refractivity contribution >= 4 is 76.2 Å². The van der Waals surface area contributed by atoms with Crippen LogP contribution < -0.4 is 0 Å². The molecular weight excluding hydrogens is 611 g/mol. The lowest BCUT2D eigenvalue weighted by Gasteiger charge is -2.11. The van der Waals surface area contributed by atoms with Crippen molar-refractivity contribution in [2.45, 2.75) is 0 Å². The number of furan rings is 1. The van der Waals surface area contributed by atoms with Crippen molar-refractivity contribution in [3.05, 3.63) is 164 Å². The first-order valence-electron chi connectivity index (χ1n) is 16.9. The molecule has 4 heteroatoms. The zero-order valence-electron chi connectivity index (χ0n) is 26.8. The third-order valence-corrected chi connectivity index (χ3v) is 10.2. The lowest BCUT2D eigenvalue weighted by molar-refractivity contribution is 0.667. The topological polar surface area (TPSA) is 43.9 Å². The number of rotatable bonds is 3. The minimum absolute atomic E-state index is 0.614. The van der Waals surface area contributed by atoms with Crippen LogP contribution in [0.15, 0.2) is 168 Å². The van der Waals surface area contributed by atoms with E-state index in [0.29, 0.717) is 11.5 Å². The average Bonchev–Trinajstić information content (AvgIpc) is 3.71. The average molecular weight is 638 g/mol. The van der Waals surface area contributed by atoms with E-state index in [1.807, 2.05) is 18.2 Å². The van der Waals surface area contributed by atoms with E-state index in [4.69, 9.17) is 14.4 Å². The third-order valence-electron chi connectivity index (χ3n) is 10.2. The summed E-state index contributed by atoms with van der Waals surface area (Å²) in [5, 5.41) is 10.4. The maximum atomic E-state index is 6.89. The van der Waals surface area contributed by atoms with Crippen molar-refractivity contribution in [2.75, 3.05) is 0 Å². The van der Waals surface area contributed by atoms with Crippen molar-refractivity contribution < 1.29 is 4.42 Å². The quantitative estimate of drug-likeness (QED) is 0.194. The molecule has 0 amide bonds. The largest absolute Gasteiger partial charge is 0.452 e. The van der Waals surface area contributed by atoms with Crippen LogP contribution in [-0.4, -0.2) is 14.5 Å². The lowest BCUT2D eigenvalue weighted by Crippen LogP contribution is -2.03. The number of nitrogens with zero attached hydrogens (tertiary/aromatic N) is 3. The van der Waals surface area contributed by atoms with E-state index in [1.165, 1.54) is 37.9 Å². The summed E-state index contributed by atoms with van der Waals surface area (Å²) in [6.45, 7) is 0. The van der Waals surface area contributed by atoms with Gasteiger partial charge < -0.3 is 4.42 Å². The molecule has 3 aromatic heterocycles. The molecule has 11 rings (SSSR count). The van der Waals surface area contributed by atoms with Crippen molar-refractivity contribution in [1.82, 2.24) is 14.5 Å². The van der Waals surface area contributed by atoms with Crippen molar-refractivity contribution in [3.8, 4) is 28.3 Å². The van der Waals surface area contributed by atoms with Crippen LogP contribution >= 0.6 is 0 Å². The van der Waals surface area contributed by atoms with Crippen molar-refractivity contribution in [1.29, 1.82) is 0 Å². The molecule has 0 spiro atoms. The van der Waals surface area contributed by atoms with E-state index in [-0.39, 0.29) is 0 Å². The van der Waals surface area contributed by atoms with Gasteiger partial charge in [0.1, 0.15) is 16.8 Å². The maximum absolute atomic E-state index is 6.89. The molecule has 0 unspecified atom stereocenters. The van der Waals surface area contributed by atoms with E-state index in [0.717, 1.165) is 55.1 Å². The Hall–Kier alpha value is -6.78. The summed E-state index contributed by atoms with van der Waals surface area (Å²) < 4.78 is 9.11. The summed E-state index contributed by atoms with van der Waals surface area (Å²) in [5.74, 6) is 0.614. The minimum atomic E-state index is 0.614. The molecule has 0 radical (unpaired) electrons. The zero-order chi connectivity index (χ0) is 32.8. The molecule has 0 bridgehead atoms. The molecule has 0 aliphatic heterocycles. The van der Waals surface area contributed by atoms with Gasteiger partial charge >= 0.3 is 0 Å². The molecule has 0 N–H and O–H groups in total. The Morgan fingerprint density at radius 1 is 0.440 bits per heavy atom. The highest BCUT2D eigenvalue weighted by Crippen LogP contribution is 2.44. The standard InChI is InChI=1S/C46H27N3O/c1-2-14-29(15-3-1)43-45-44(48-46(47-43)49-39-24-11-10-21-35(39)38-25-30-16-4-5-17-31(30)26-40(38)49)42-36-22-9-8-20-34(36)37(27-41(42)50-45)33-23-12-18-28-13-6-7-19-32(28)33/h1-27H. The summed E-state index contributed by atoms with van der Waals surface area (Å²) >= 11 is 0. The second-order valence-electron chi connectivity index (χ2n) is 13.0. The van der Waals surface area contributed by atoms with Crippen LogP contribution in [0.25, 0.3) is 105 Å². The minimum Gasteiger partial charge on any atom is -0.452 e.